The fraction of sp³-hybridized carbons (Fsp3) is 0.278. The van der Waals surface area contributed by atoms with Crippen molar-refractivity contribution in [2.45, 2.75) is 31.5 Å². The van der Waals surface area contributed by atoms with Gasteiger partial charge in [0.2, 0.25) is 5.67 Å². The molecule has 1 N–H and O–H groups in total. The lowest BCUT2D eigenvalue weighted by Gasteiger charge is -2.30. The van der Waals surface area contributed by atoms with Crippen molar-refractivity contribution in [3.05, 3.63) is 63.4 Å². The van der Waals surface area contributed by atoms with Crippen LogP contribution in [0.5, 0.6) is 0 Å². The van der Waals surface area contributed by atoms with Crippen LogP contribution in [0.2, 0.25) is 10.0 Å². The number of benzene rings is 1. The average molecular weight is 381 g/mol. The quantitative estimate of drug-likeness (QED) is 0.857. The summed E-state index contributed by atoms with van der Waals surface area (Å²) in [7, 11) is 0. The average Bonchev–Trinajstić information content (AvgIpc) is 2.58. The zero-order valence-electron chi connectivity index (χ0n) is 13.4. The van der Waals surface area contributed by atoms with Crippen LogP contribution in [-0.4, -0.2) is 16.7 Å². The molecule has 0 fully saturated rings. The second-order valence-corrected chi connectivity index (χ2v) is 6.83. The summed E-state index contributed by atoms with van der Waals surface area (Å²) in [6, 6.07) is 7.31. The van der Waals surface area contributed by atoms with Crippen LogP contribution in [0.25, 0.3) is 0 Å². The number of fused-ring (bicyclic) bond motifs is 1. The van der Waals surface area contributed by atoms with E-state index in [2.05, 4.69) is 10.3 Å². The lowest BCUT2D eigenvalue weighted by atomic mass is 9.81. The number of aromatic nitrogens is 1. The summed E-state index contributed by atoms with van der Waals surface area (Å²) < 4.78 is 15.5. The molecule has 0 saturated carbocycles. The highest BCUT2D eigenvalue weighted by Gasteiger charge is 2.47. The van der Waals surface area contributed by atoms with Crippen LogP contribution in [0.1, 0.15) is 47.4 Å². The molecule has 2 aromatic rings. The molecule has 0 bridgehead atoms. The van der Waals surface area contributed by atoms with Crippen LogP contribution < -0.4 is 5.32 Å². The van der Waals surface area contributed by atoms with Gasteiger partial charge in [0.1, 0.15) is 5.69 Å². The summed E-state index contributed by atoms with van der Waals surface area (Å²) in [5.41, 5.74) is -1.65. The molecule has 1 amide bonds. The molecule has 1 heterocycles. The van der Waals surface area contributed by atoms with Crippen molar-refractivity contribution in [1.29, 1.82) is 0 Å². The van der Waals surface area contributed by atoms with Crippen LogP contribution >= 0.6 is 23.2 Å². The third-order valence-corrected chi connectivity index (χ3v) is 4.89. The minimum absolute atomic E-state index is 0.0122. The maximum atomic E-state index is 15.5. The Balaban J connectivity index is 1.88. The monoisotopic (exact) mass is 380 g/mol. The molecule has 0 spiro atoms. The molecule has 1 aliphatic carbocycles. The number of carbonyl (C=O) groups excluding carboxylic acids is 2. The van der Waals surface area contributed by atoms with E-state index >= 15 is 4.39 Å². The molecule has 7 heteroatoms. The third kappa shape index (κ3) is 3.26. The molecule has 0 unspecified atom stereocenters. The molecular formula is C18H15Cl2FN2O2. The van der Waals surface area contributed by atoms with Crippen LogP contribution in [0, 0.1) is 0 Å². The lowest BCUT2D eigenvalue weighted by Crippen LogP contribution is -2.45. The van der Waals surface area contributed by atoms with E-state index in [4.69, 9.17) is 23.2 Å². The van der Waals surface area contributed by atoms with Gasteiger partial charge < -0.3 is 5.32 Å². The maximum absolute atomic E-state index is 15.5. The molecule has 1 aromatic carbocycles. The van der Waals surface area contributed by atoms with E-state index in [1.54, 1.807) is 25.1 Å². The Morgan fingerprint density at radius 3 is 2.84 bits per heavy atom. The molecule has 0 radical (unpaired) electrons. The van der Waals surface area contributed by atoms with Crippen molar-refractivity contribution in [2.24, 2.45) is 0 Å². The van der Waals surface area contributed by atoms with Crippen molar-refractivity contribution in [1.82, 2.24) is 10.3 Å². The Morgan fingerprint density at radius 1 is 1.36 bits per heavy atom. The Hall–Kier alpha value is -1.98. The van der Waals surface area contributed by atoms with Crippen LogP contribution in [0.3, 0.4) is 0 Å². The molecule has 0 saturated heterocycles. The van der Waals surface area contributed by atoms with E-state index in [1.165, 1.54) is 18.3 Å². The smallest absolute Gasteiger partial charge is 0.262 e. The number of ketones is 1. The molecule has 4 nitrogen and oxygen atoms in total. The van der Waals surface area contributed by atoms with Gasteiger partial charge >= 0.3 is 0 Å². The van der Waals surface area contributed by atoms with Gasteiger partial charge in [0.05, 0.1) is 6.04 Å². The number of hydrogen-bond acceptors (Lipinski definition) is 3. The molecule has 25 heavy (non-hydrogen) atoms. The summed E-state index contributed by atoms with van der Waals surface area (Å²) in [5.74, 6) is -1.07. The highest BCUT2D eigenvalue weighted by molar-refractivity contribution is 6.35. The van der Waals surface area contributed by atoms with E-state index in [-0.39, 0.29) is 29.9 Å². The van der Waals surface area contributed by atoms with Gasteiger partial charge in [-0.2, -0.15) is 0 Å². The third-order valence-electron chi connectivity index (χ3n) is 4.33. The molecule has 3 rings (SSSR count). The molecule has 130 valence electrons. The highest BCUT2D eigenvalue weighted by Crippen LogP contribution is 2.39. The number of alkyl halides is 1. The van der Waals surface area contributed by atoms with Crippen molar-refractivity contribution < 1.29 is 14.0 Å². The van der Waals surface area contributed by atoms with E-state index in [0.29, 0.717) is 15.6 Å². The number of Topliss-reactive ketones (excluding diaryl/α,β-unsaturated/α-hetero) is 1. The SMILES string of the molecule is C[C@H](NC(=O)[C@]1(F)CCC(=O)c2ncccc21)c1ccc(Cl)cc1Cl. The van der Waals surface area contributed by atoms with Gasteiger partial charge in [-0.3, -0.25) is 14.6 Å². The second-order valence-electron chi connectivity index (χ2n) is 5.98. The predicted molar refractivity (Wildman–Crippen MR) is 93.6 cm³/mol. The van der Waals surface area contributed by atoms with Crippen molar-refractivity contribution >= 4 is 34.9 Å². The van der Waals surface area contributed by atoms with E-state index in [0.717, 1.165) is 0 Å². The Morgan fingerprint density at radius 2 is 2.12 bits per heavy atom. The van der Waals surface area contributed by atoms with Gasteiger partial charge in [-0.05, 0) is 30.7 Å². The summed E-state index contributed by atoms with van der Waals surface area (Å²) in [4.78, 5) is 28.5. The number of amides is 1. The fourth-order valence-corrected chi connectivity index (χ4v) is 3.54. The highest BCUT2D eigenvalue weighted by atomic mass is 35.5. The Bertz CT molecular complexity index is 859. The van der Waals surface area contributed by atoms with Crippen molar-refractivity contribution in [3.8, 4) is 0 Å². The number of rotatable bonds is 3. The number of hydrogen-bond donors (Lipinski definition) is 1. The minimum Gasteiger partial charge on any atom is -0.346 e. The summed E-state index contributed by atoms with van der Waals surface area (Å²) in [5, 5.41) is 3.50. The van der Waals surface area contributed by atoms with Gasteiger partial charge in [0.15, 0.2) is 5.78 Å². The van der Waals surface area contributed by atoms with Gasteiger partial charge in [0.25, 0.3) is 5.91 Å². The predicted octanol–water partition coefficient (Wildman–Crippen LogP) is 4.41. The molecule has 1 aliphatic rings. The van der Waals surface area contributed by atoms with Gasteiger partial charge in [-0.25, -0.2) is 4.39 Å². The first kappa shape index (κ1) is 17.8. The zero-order valence-corrected chi connectivity index (χ0v) is 14.9. The number of pyridine rings is 1. The van der Waals surface area contributed by atoms with E-state index in [1.807, 2.05) is 0 Å². The largest absolute Gasteiger partial charge is 0.346 e. The Kier molecular flexibility index (Phi) is 4.80. The maximum Gasteiger partial charge on any atom is 0.262 e. The summed E-state index contributed by atoms with van der Waals surface area (Å²) in [6.45, 7) is 1.70. The van der Waals surface area contributed by atoms with E-state index in [9.17, 15) is 9.59 Å². The first-order chi connectivity index (χ1) is 11.8. The number of nitrogens with zero attached hydrogens (tertiary/aromatic N) is 1. The molecule has 0 aliphatic heterocycles. The van der Waals surface area contributed by atoms with E-state index < -0.39 is 17.6 Å². The fourth-order valence-electron chi connectivity index (χ4n) is 2.96. The minimum atomic E-state index is -2.30. The zero-order chi connectivity index (χ0) is 18.2. The normalized spacial score (nSPS) is 20.7. The van der Waals surface area contributed by atoms with Crippen molar-refractivity contribution in [2.75, 3.05) is 0 Å². The number of nitrogens with one attached hydrogen (secondary N) is 1. The summed E-state index contributed by atoms with van der Waals surface area (Å²) in [6.07, 6.45) is 1.14. The Labute approximate surface area is 154 Å². The second kappa shape index (κ2) is 6.73. The number of halogens is 3. The van der Waals surface area contributed by atoms with Crippen molar-refractivity contribution in [3.63, 3.8) is 0 Å². The molecule has 2 atom stereocenters. The lowest BCUT2D eigenvalue weighted by molar-refractivity contribution is -0.135. The van der Waals surface area contributed by atoms with Crippen LogP contribution in [-0.2, 0) is 10.5 Å². The number of carbonyl (C=O) groups is 2. The standard InChI is InChI=1S/C18H15Cl2FN2O2/c1-10(12-5-4-11(19)9-14(12)20)23-17(25)18(21)7-6-15(24)16-13(18)3-2-8-22-16/h2-5,8-10H,6-7H2,1H3,(H,23,25)/t10-,18-/m0/s1. The first-order valence-electron chi connectivity index (χ1n) is 7.76. The van der Waals surface area contributed by atoms with Crippen LogP contribution in [0.4, 0.5) is 4.39 Å². The van der Waals surface area contributed by atoms with Gasteiger partial charge in [-0.1, -0.05) is 35.3 Å². The topological polar surface area (TPSA) is 59.1 Å². The van der Waals surface area contributed by atoms with Crippen LogP contribution in [0.15, 0.2) is 36.5 Å². The molecule has 1 aromatic heterocycles. The van der Waals surface area contributed by atoms with Gasteiger partial charge in [-0.15, -0.1) is 0 Å². The van der Waals surface area contributed by atoms with Gasteiger partial charge in [0, 0.05) is 34.6 Å². The molecular weight excluding hydrogens is 366 g/mol. The first-order valence-corrected chi connectivity index (χ1v) is 8.52. The summed E-state index contributed by atoms with van der Waals surface area (Å²) >= 11 is 12.0.